The first-order valence-corrected chi connectivity index (χ1v) is 12.2. The van der Waals surface area contributed by atoms with Crippen molar-refractivity contribution < 1.29 is 9.59 Å². The van der Waals surface area contributed by atoms with Gasteiger partial charge in [-0.1, -0.05) is 90.7 Å². The average molecular weight is 483 g/mol. The predicted octanol–water partition coefficient (Wildman–Crippen LogP) is 6.53. The number of hydrogen-bond acceptors (Lipinski definition) is 4. The lowest BCUT2D eigenvalue weighted by atomic mass is 9.96. The minimum atomic E-state index is -0.157. The third kappa shape index (κ3) is 4.34. The van der Waals surface area contributed by atoms with Gasteiger partial charge >= 0.3 is 0 Å². The number of carbonyl (C=O) groups excluding carboxylic acids is 2. The molecule has 5 rings (SSSR count). The lowest BCUT2D eigenvalue weighted by molar-refractivity contribution is -0.122. The molecule has 1 aliphatic heterocycles. The van der Waals surface area contributed by atoms with Crippen LogP contribution < -0.4 is 5.32 Å². The van der Waals surface area contributed by atoms with Crippen molar-refractivity contribution in [1.82, 2.24) is 4.90 Å². The number of anilines is 1. The van der Waals surface area contributed by atoms with Gasteiger partial charge in [0.05, 0.1) is 4.91 Å². The first kappa shape index (κ1) is 22.3. The van der Waals surface area contributed by atoms with E-state index in [2.05, 4.69) is 35.6 Å². The quantitative estimate of drug-likeness (QED) is 0.200. The van der Waals surface area contributed by atoms with Gasteiger partial charge in [0.15, 0.2) is 0 Å². The number of para-hydroxylation sites is 1. The van der Waals surface area contributed by atoms with Crippen molar-refractivity contribution in [3.05, 3.63) is 94.9 Å². The molecule has 0 atom stereocenters. The first-order valence-electron chi connectivity index (χ1n) is 11.0. The Balaban J connectivity index is 1.39. The summed E-state index contributed by atoms with van der Waals surface area (Å²) in [4.78, 5) is 27.8. The van der Waals surface area contributed by atoms with Crippen LogP contribution in [-0.4, -0.2) is 27.6 Å². The molecule has 34 heavy (non-hydrogen) atoms. The van der Waals surface area contributed by atoms with Gasteiger partial charge < -0.3 is 5.32 Å². The van der Waals surface area contributed by atoms with Crippen LogP contribution in [0.15, 0.2) is 83.8 Å². The number of thioether (sulfide) groups is 1. The van der Waals surface area contributed by atoms with Crippen LogP contribution in [0.1, 0.15) is 17.5 Å². The Morgan fingerprint density at radius 3 is 2.26 bits per heavy atom. The summed E-state index contributed by atoms with van der Waals surface area (Å²) in [6, 6.07) is 26.1. The number of thiocarbonyl (C=S) groups is 1. The number of carbonyl (C=O) groups is 2. The Kier molecular flexibility index (Phi) is 6.18. The molecule has 1 heterocycles. The topological polar surface area (TPSA) is 49.4 Å². The van der Waals surface area contributed by atoms with E-state index >= 15 is 0 Å². The minimum absolute atomic E-state index is 0.146. The van der Waals surface area contributed by atoms with E-state index in [0.29, 0.717) is 9.23 Å². The molecule has 0 aliphatic carbocycles. The predicted molar refractivity (Wildman–Crippen MR) is 146 cm³/mol. The summed E-state index contributed by atoms with van der Waals surface area (Å²) in [5, 5.41) is 7.33. The zero-order valence-electron chi connectivity index (χ0n) is 18.6. The van der Waals surface area contributed by atoms with Crippen LogP contribution in [-0.2, 0) is 9.59 Å². The van der Waals surface area contributed by atoms with Crippen LogP contribution in [0.4, 0.5) is 5.69 Å². The number of nitrogens with zero attached hydrogens (tertiary/aromatic N) is 1. The Morgan fingerprint density at radius 2 is 1.59 bits per heavy atom. The van der Waals surface area contributed by atoms with Crippen LogP contribution in [0.25, 0.3) is 27.6 Å². The zero-order valence-corrected chi connectivity index (χ0v) is 20.2. The zero-order chi connectivity index (χ0) is 23.7. The average Bonchev–Trinajstić information content (AvgIpc) is 3.11. The van der Waals surface area contributed by atoms with Crippen molar-refractivity contribution in [2.45, 2.75) is 13.3 Å². The summed E-state index contributed by atoms with van der Waals surface area (Å²) in [5.74, 6) is -0.303. The van der Waals surface area contributed by atoms with E-state index in [-0.39, 0.29) is 24.8 Å². The smallest absolute Gasteiger partial charge is 0.266 e. The largest absolute Gasteiger partial charge is 0.326 e. The van der Waals surface area contributed by atoms with Gasteiger partial charge in [-0.3, -0.25) is 14.5 Å². The van der Waals surface area contributed by atoms with Gasteiger partial charge in [0.2, 0.25) is 5.91 Å². The number of fused-ring (bicyclic) bond motifs is 2. The van der Waals surface area contributed by atoms with Gasteiger partial charge in [-0.05, 0) is 57.8 Å². The van der Waals surface area contributed by atoms with Crippen LogP contribution in [0, 0.1) is 6.92 Å². The summed E-state index contributed by atoms with van der Waals surface area (Å²) < 4.78 is 0.476. The van der Waals surface area contributed by atoms with Crippen molar-refractivity contribution in [1.29, 1.82) is 0 Å². The van der Waals surface area contributed by atoms with Crippen molar-refractivity contribution in [2.75, 3.05) is 11.9 Å². The van der Waals surface area contributed by atoms with E-state index in [1.165, 1.54) is 16.7 Å². The molecule has 1 saturated heterocycles. The molecule has 0 radical (unpaired) electrons. The molecule has 0 bridgehead atoms. The highest BCUT2D eigenvalue weighted by Crippen LogP contribution is 2.36. The van der Waals surface area contributed by atoms with E-state index in [0.717, 1.165) is 38.4 Å². The molecule has 4 nitrogen and oxygen atoms in total. The molecule has 4 aromatic rings. The van der Waals surface area contributed by atoms with Gasteiger partial charge in [0.25, 0.3) is 5.91 Å². The SMILES string of the molecule is Cc1ccccc1NC(=O)CCN1C(=O)/C(=C/c2c3ccccc3cc3ccccc23)SC1=S. The van der Waals surface area contributed by atoms with Crippen LogP contribution in [0.5, 0.6) is 0 Å². The molecule has 168 valence electrons. The van der Waals surface area contributed by atoms with Gasteiger partial charge in [0.1, 0.15) is 4.32 Å². The normalized spacial score (nSPS) is 15.0. The van der Waals surface area contributed by atoms with Gasteiger partial charge in [-0.15, -0.1) is 0 Å². The third-order valence-corrected chi connectivity index (χ3v) is 7.32. The summed E-state index contributed by atoms with van der Waals surface area (Å²) >= 11 is 6.79. The first-order chi connectivity index (χ1) is 16.5. The number of nitrogens with one attached hydrogen (secondary N) is 1. The molecular formula is C28H22N2O2S2. The van der Waals surface area contributed by atoms with Crippen LogP contribution in [0.2, 0.25) is 0 Å². The van der Waals surface area contributed by atoms with E-state index in [1.807, 2.05) is 61.5 Å². The molecule has 0 saturated carbocycles. The third-order valence-electron chi connectivity index (χ3n) is 5.94. The van der Waals surface area contributed by atoms with E-state index in [1.54, 1.807) is 0 Å². The maximum absolute atomic E-state index is 13.2. The molecule has 2 amide bonds. The second kappa shape index (κ2) is 9.41. The van der Waals surface area contributed by atoms with Crippen LogP contribution in [0.3, 0.4) is 0 Å². The summed E-state index contributed by atoms with van der Waals surface area (Å²) in [6.07, 6.45) is 2.11. The highest BCUT2D eigenvalue weighted by Gasteiger charge is 2.32. The number of hydrogen-bond donors (Lipinski definition) is 1. The molecule has 0 aromatic heterocycles. The van der Waals surface area contributed by atoms with Gasteiger partial charge in [0, 0.05) is 18.7 Å². The Morgan fingerprint density at radius 1 is 0.971 bits per heavy atom. The molecule has 0 spiro atoms. The maximum Gasteiger partial charge on any atom is 0.266 e. The lowest BCUT2D eigenvalue weighted by Crippen LogP contribution is -2.31. The molecule has 0 unspecified atom stereocenters. The fourth-order valence-corrected chi connectivity index (χ4v) is 5.46. The Hall–Kier alpha value is -3.48. The minimum Gasteiger partial charge on any atom is -0.326 e. The molecule has 4 aromatic carbocycles. The summed E-state index contributed by atoms with van der Waals surface area (Å²) in [5.41, 5.74) is 2.78. The Bertz CT molecular complexity index is 1440. The number of rotatable bonds is 5. The fourth-order valence-electron chi connectivity index (χ4n) is 4.17. The summed E-state index contributed by atoms with van der Waals surface area (Å²) in [6.45, 7) is 2.19. The maximum atomic E-state index is 13.2. The standard InChI is InChI=1S/C28H22N2O2S2/c1-18-8-2-7-13-24(18)29-26(31)14-15-30-27(32)25(34-28(30)33)17-23-21-11-5-3-9-19(21)16-20-10-4-6-12-22(20)23/h2-13,16-17H,14-15H2,1H3,(H,29,31)/b25-17-. The van der Waals surface area contributed by atoms with Crippen molar-refractivity contribution in [3.63, 3.8) is 0 Å². The van der Waals surface area contributed by atoms with E-state index in [4.69, 9.17) is 12.2 Å². The fraction of sp³-hybridized carbons (Fsp3) is 0.107. The highest BCUT2D eigenvalue weighted by molar-refractivity contribution is 8.26. The second-order valence-corrected chi connectivity index (χ2v) is 9.85. The van der Waals surface area contributed by atoms with Crippen LogP contribution >= 0.6 is 24.0 Å². The monoisotopic (exact) mass is 482 g/mol. The number of amides is 2. The molecule has 6 heteroatoms. The Labute approximate surface area is 207 Å². The lowest BCUT2D eigenvalue weighted by Gasteiger charge is -2.14. The second-order valence-electron chi connectivity index (χ2n) is 8.18. The molecule has 1 N–H and O–H groups in total. The number of benzene rings is 4. The molecule has 1 aliphatic rings. The van der Waals surface area contributed by atoms with E-state index in [9.17, 15) is 9.59 Å². The number of aryl methyl sites for hydroxylation is 1. The van der Waals surface area contributed by atoms with Crippen molar-refractivity contribution >= 4 is 73.4 Å². The van der Waals surface area contributed by atoms with Crippen molar-refractivity contribution in [2.24, 2.45) is 0 Å². The van der Waals surface area contributed by atoms with Gasteiger partial charge in [-0.2, -0.15) is 0 Å². The molecular weight excluding hydrogens is 460 g/mol. The highest BCUT2D eigenvalue weighted by atomic mass is 32.2. The van der Waals surface area contributed by atoms with E-state index < -0.39 is 0 Å². The van der Waals surface area contributed by atoms with Crippen molar-refractivity contribution in [3.8, 4) is 0 Å². The summed E-state index contributed by atoms with van der Waals surface area (Å²) in [7, 11) is 0. The van der Waals surface area contributed by atoms with Gasteiger partial charge in [-0.25, -0.2) is 0 Å². The molecule has 1 fully saturated rings.